The molecule has 1 aliphatic carbocycles. The minimum Gasteiger partial charge on any atom is -0.366 e. The Balaban J connectivity index is 1.79. The van der Waals surface area contributed by atoms with Gasteiger partial charge in [-0.25, -0.2) is 0 Å². The first-order valence-electron chi connectivity index (χ1n) is 6.37. The van der Waals surface area contributed by atoms with Gasteiger partial charge in [-0.3, -0.25) is 4.79 Å². The summed E-state index contributed by atoms with van der Waals surface area (Å²) in [6.07, 6.45) is 3.99. The normalized spacial score (nSPS) is 29.6. The van der Waals surface area contributed by atoms with E-state index in [0.29, 0.717) is 0 Å². The van der Waals surface area contributed by atoms with E-state index < -0.39 is 0 Å². The zero-order chi connectivity index (χ0) is 11.8. The van der Waals surface area contributed by atoms with Crippen molar-refractivity contribution in [1.82, 2.24) is 4.90 Å². The number of hydrogen-bond acceptors (Lipinski definition) is 2. The summed E-state index contributed by atoms with van der Waals surface area (Å²) < 4.78 is 5.53. The Bertz CT molecular complexity index is 258. The van der Waals surface area contributed by atoms with Crippen LogP contribution in [0, 0.1) is 11.8 Å². The summed E-state index contributed by atoms with van der Waals surface area (Å²) in [5, 5.41) is 0. The van der Waals surface area contributed by atoms with E-state index >= 15 is 0 Å². The molecular formula is C13H23NO2. The van der Waals surface area contributed by atoms with Gasteiger partial charge >= 0.3 is 0 Å². The van der Waals surface area contributed by atoms with Crippen LogP contribution in [-0.2, 0) is 9.53 Å². The van der Waals surface area contributed by atoms with Crippen LogP contribution >= 0.6 is 0 Å². The van der Waals surface area contributed by atoms with Crippen LogP contribution in [-0.4, -0.2) is 36.1 Å². The maximum absolute atomic E-state index is 11.9. The summed E-state index contributed by atoms with van der Waals surface area (Å²) >= 11 is 0. The fraction of sp³-hybridized carbons (Fsp3) is 0.923. The minimum absolute atomic E-state index is 0.171. The van der Waals surface area contributed by atoms with Crippen molar-refractivity contribution < 1.29 is 9.53 Å². The Morgan fingerprint density at radius 1 is 1.25 bits per heavy atom. The molecule has 1 amide bonds. The second-order valence-corrected chi connectivity index (χ2v) is 6.15. The Kier molecular flexibility index (Phi) is 3.24. The summed E-state index contributed by atoms with van der Waals surface area (Å²) in [7, 11) is 0. The summed E-state index contributed by atoms with van der Waals surface area (Å²) in [4.78, 5) is 13.9. The topological polar surface area (TPSA) is 29.5 Å². The molecule has 1 aliphatic heterocycles. The van der Waals surface area contributed by atoms with Gasteiger partial charge in [-0.15, -0.1) is 0 Å². The average Bonchev–Trinajstić information content (AvgIpc) is 2.71. The van der Waals surface area contributed by atoms with Gasteiger partial charge in [-0.2, -0.15) is 0 Å². The van der Waals surface area contributed by atoms with Crippen LogP contribution < -0.4 is 0 Å². The van der Waals surface area contributed by atoms with E-state index in [1.54, 1.807) is 0 Å². The molecule has 92 valence electrons. The van der Waals surface area contributed by atoms with Crippen LogP contribution in [0.2, 0.25) is 0 Å². The molecule has 0 radical (unpaired) electrons. The van der Waals surface area contributed by atoms with E-state index in [1.807, 2.05) is 25.7 Å². The molecule has 0 aromatic rings. The molecule has 2 atom stereocenters. The molecule has 16 heavy (non-hydrogen) atoms. The smallest absolute Gasteiger partial charge is 0.248 e. The third kappa shape index (κ3) is 2.76. The summed E-state index contributed by atoms with van der Waals surface area (Å²) in [6, 6.07) is 0. The summed E-state index contributed by atoms with van der Waals surface area (Å²) in [5.74, 6) is 1.72. The van der Waals surface area contributed by atoms with Gasteiger partial charge in [-0.05, 0) is 45.4 Å². The largest absolute Gasteiger partial charge is 0.366 e. The number of rotatable bonds is 2. The SMILES string of the molecule is CC(C)(C)OCC(=O)N1CC2CCCC2C1. The van der Waals surface area contributed by atoms with Gasteiger partial charge in [-0.1, -0.05) is 6.42 Å². The van der Waals surface area contributed by atoms with Crippen LogP contribution in [0.4, 0.5) is 0 Å². The molecule has 3 heteroatoms. The van der Waals surface area contributed by atoms with Gasteiger partial charge < -0.3 is 9.64 Å². The molecule has 3 nitrogen and oxygen atoms in total. The van der Waals surface area contributed by atoms with Crippen LogP contribution in [0.25, 0.3) is 0 Å². The molecule has 0 aromatic heterocycles. The fourth-order valence-corrected chi connectivity index (χ4v) is 2.81. The number of nitrogens with zero attached hydrogens (tertiary/aromatic N) is 1. The van der Waals surface area contributed by atoms with Crippen molar-refractivity contribution >= 4 is 5.91 Å². The fourth-order valence-electron chi connectivity index (χ4n) is 2.81. The van der Waals surface area contributed by atoms with Crippen molar-refractivity contribution in [2.75, 3.05) is 19.7 Å². The number of carbonyl (C=O) groups is 1. The summed E-state index contributed by atoms with van der Waals surface area (Å²) in [6.45, 7) is 8.13. The predicted molar refractivity (Wildman–Crippen MR) is 63.1 cm³/mol. The Hall–Kier alpha value is -0.570. The van der Waals surface area contributed by atoms with Crippen LogP contribution in [0.5, 0.6) is 0 Å². The maximum atomic E-state index is 11.9. The van der Waals surface area contributed by atoms with Gasteiger partial charge in [0, 0.05) is 13.1 Å². The quantitative estimate of drug-likeness (QED) is 0.720. The lowest BCUT2D eigenvalue weighted by molar-refractivity contribution is -0.140. The lowest BCUT2D eigenvalue weighted by Gasteiger charge is -2.22. The zero-order valence-corrected chi connectivity index (χ0v) is 10.7. The number of amides is 1. The van der Waals surface area contributed by atoms with E-state index in [-0.39, 0.29) is 18.1 Å². The van der Waals surface area contributed by atoms with Gasteiger partial charge in [0.1, 0.15) is 6.61 Å². The number of likely N-dealkylation sites (tertiary alicyclic amines) is 1. The van der Waals surface area contributed by atoms with Crippen molar-refractivity contribution in [2.24, 2.45) is 11.8 Å². The lowest BCUT2D eigenvalue weighted by Crippen LogP contribution is -2.35. The monoisotopic (exact) mass is 225 g/mol. The third-order valence-corrected chi connectivity index (χ3v) is 3.71. The highest BCUT2D eigenvalue weighted by Crippen LogP contribution is 2.37. The van der Waals surface area contributed by atoms with E-state index in [1.165, 1.54) is 19.3 Å². The minimum atomic E-state index is -0.217. The van der Waals surface area contributed by atoms with Gasteiger partial charge in [0.05, 0.1) is 5.60 Å². The first kappa shape index (κ1) is 11.9. The van der Waals surface area contributed by atoms with E-state index in [2.05, 4.69) is 0 Å². The lowest BCUT2D eigenvalue weighted by atomic mass is 10.0. The number of fused-ring (bicyclic) bond motifs is 1. The Morgan fingerprint density at radius 2 is 1.81 bits per heavy atom. The average molecular weight is 225 g/mol. The van der Waals surface area contributed by atoms with Crippen LogP contribution in [0.1, 0.15) is 40.0 Å². The first-order chi connectivity index (χ1) is 7.46. The molecular weight excluding hydrogens is 202 g/mol. The molecule has 2 fully saturated rings. The number of carbonyl (C=O) groups excluding carboxylic acids is 1. The van der Waals surface area contributed by atoms with Crippen LogP contribution in [0.15, 0.2) is 0 Å². The molecule has 1 heterocycles. The summed E-state index contributed by atoms with van der Waals surface area (Å²) in [5.41, 5.74) is -0.217. The number of hydrogen-bond donors (Lipinski definition) is 0. The van der Waals surface area contributed by atoms with Gasteiger partial charge in [0.2, 0.25) is 5.91 Å². The van der Waals surface area contributed by atoms with E-state index in [9.17, 15) is 4.79 Å². The molecule has 0 spiro atoms. The predicted octanol–water partition coefficient (Wildman–Crippen LogP) is 2.06. The van der Waals surface area contributed by atoms with Crippen molar-refractivity contribution in [3.63, 3.8) is 0 Å². The maximum Gasteiger partial charge on any atom is 0.248 e. The highest BCUT2D eigenvalue weighted by Gasteiger charge is 2.37. The molecule has 2 aliphatic rings. The Labute approximate surface area is 98.1 Å². The second-order valence-electron chi connectivity index (χ2n) is 6.15. The van der Waals surface area contributed by atoms with Crippen molar-refractivity contribution in [3.05, 3.63) is 0 Å². The molecule has 2 rings (SSSR count). The highest BCUT2D eigenvalue weighted by atomic mass is 16.5. The zero-order valence-electron chi connectivity index (χ0n) is 10.7. The Morgan fingerprint density at radius 3 is 2.31 bits per heavy atom. The van der Waals surface area contributed by atoms with Gasteiger partial charge in [0.15, 0.2) is 0 Å². The van der Waals surface area contributed by atoms with E-state index in [4.69, 9.17) is 4.74 Å². The van der Waals surface area contributed by atoms with Crippen molar-refractivity contribution in [2.45, 2.75) is 45.6 Å². The standard InChI is InChI=1S/C13H23NO2/c1-13(2,3)16-9-12(15)14-7-10-5-4-6-11(10)8-14/h10-11H,4-9H2,1-3H3. The number of ether oxygens (including phenoxy) is 1. The van der Waals surface area contributed by atoms with Gasteiger partial charge in [0.25, 0.3) is 0 Å². The highest BCUT2D eigenvalue weighted by molar-refractivity contribution is 5.77. The van der Waals surface area contributed by atoms with Crippen LogP contribution in [0.3, 0.4) is 0 Å². The van der Waals surface area contributed by atoms with Crippen molar-refractivity contribution in [3.8, 4) is 0 Å². The molecule has 0 bridgehead atoms. The van der Waals surface area contributed by atoms with E-state index in [0.717, 1.165) is 24.9 Å². The van der Waals surface area contributed by atoms with Crippen molar-refractivity contribution in [1.29, 1.82) is 0 Å². The molecule has 1 saturated carbocycles. The first-order valence-corrected chi connectivity index (χ1v) is 6.37. The molecule has 1 saturated heterocycles. The second kappa shape index (κ2) is 4.36. The molecule has 2 unspecified atom stereocenters. The molecule has 0 aromatic carbocycles. The third-order valence-electron chi connectivity index (χ3n) is 3.71. The molecule has 0 N–H and O–H groups in total.